The van der Waals surface area contributed by atoms with Crippen molar-refractivity contribution in [2.75, 3.05) is 18.3 Å². The van der Waals surface area contributed by atoms with Crippen LogP contribution in [0.2, 0.25) is 0 Å². The second-order valence-corrected chi connectivity index (χ2v) is 5.74. The standard InChI is InChI=1S/C10H21OS/c1-4-5-6-7-8-10(11)9-12(2)3/h4-9H2,1-3H3/q+1. The Labute approximate surface area is 79.3 Å². The molecule has 0 heterocycles. The second-order valence-electron chi connectivity index (χ2n) is 3.48. The Hall–Kier alpha value is 0.0200. The van der Waals surface area contributed by atoms with E-state index in [-0.39, 0.29) is 0 Å². The fraction of sp³-hybridized carbons (Fsp3) is 0.900. The zero-order valence-electron chi connectivity index (χ0n) is 8.56. The molecule has 2 heteroatoms. The third-order valence-corrected chi connectivity index (χ3v) is 2.66. The highest BCUT2D eigenvalue weighted by molar-refractivity contribution is 7.96. The predicted octanol–water partition coefficient (Wildman–Crippen LogP) is 2.40. The number of carbonyl (C=O) groups is 1. The largest absolute Gasteiger partial charge is 0.294 e. The molecule has 0 aliphatic rings. The van der Waals surface area contributed by atoms with Crippen molar-refractivity contribution in [1.82, 2.24) is 0 Å². The lowest BCUT2D eigenvalue weighted by Gasteiger charge is -1.98. The molecule has 0 aliphatic carbocycles. The van der Waals surface area contributed by atoms with Crippen LogP contribution in [-0.4, -0.2) is 24.0 Å². The van der Waals surface area contributed by atoms with Gasteiger partial charge in [0.05, 0.1) is 12.5 Å². The van der Waals surface area contributed by atoms with Gasteiger partial charge in [0, 0.05) is 6.42 Å². The summed E-state index contributed by atoms with van der Waals surface area (Å²) < 4.78 is 0. The van der Waals surface area contributed by atoms with E-state index in [4.69, 9.17) is 0 Å². The Bertz CT molecular complexity index is 121. The Balaban J connectivity index is 3.20. The molecule has 0 radical (unpaired) electrons. The number of carbonyl (C=O) groups excluding carboxylic acids is 1. The first-order valence-corrected chi connectivity index (χ1v) is 6.93. The van der Waals surface area contributed by atoms with Crippen LogP contribution in [0, 0.1) is 0 Å². The molecule has 0 saturated carbocycles. The van der Waals surface area contributed by atoms with Crippen LogP contribution in [0.25, 0.3) is 0 Å². The average molecular weight is 189 g/mol. The van der Waals surface area contributed by atoms with Crippen molar-refractivity contribution in [2.45, 2.75) is 39.0 Å². The lowest BCUT2D eigenvalue weighted by atomic mass is 10.1. The van der Waals surface area contributed by atoms with E-state index in [1.165, 1.54) is 19.3 Å². The first-order valence-electron chi connectivity index (χ1n) is 4.72. The van der Waals surface area contributed by atoms with Gasteiger partial charge in [0.15, 0.2) is 11.5 Å². The molecule has 1 nitrogen and oxygen atoms in total. The van der Waals surface area contributed by atoms with Crippen LogP contribution in [0.5, 0.6) is 0 Å². The fourth-order valence-corrected chi connectivity index (χ4v) is 1.93. The summed E-state index contributed by atoms with van der Waals surface area (Å²) in [5, 5.41) is 0. The van der Waals surface area contributed by atoms with Gasteiger partial charge in [-0.3, -0.25) is 4.79 Å². The smallest absolute Gasteiger partial charge is 0.181 e. The van der Waals surface area contributed by atoms with Crippen LogP contribution >= 0.6 is 0 Å². The van der Waals surface area contributed by atoms with Gasteiger partial charge in [-0.2, -0.15) is 0 Å². The van der Waals surface area contributed by atoms with E-state index < -0.39 is 0 Å². The van der Waals surface area contributed by atoms with Crippen LogP contribution in [0.1, 0.15) is 39.0 Å². The minimum Gasteiger partial charge on any atom is -0.294 e. The highest BCUT2D eigenvalue weighted by Gasteiger charge is 2.10. The Morgan fingerprint density at radius 1 is 1.17 bits per heavy atom. The molecular formula is C10H21OS+. The predicted molar refractivity (Wildman–Crippen MR) is 57.8 cm³/mol. The summed E-state index contributed by atoms with van der Waals surface area (Å²) in [6, 6.07) is 0. The molecule has 0 atom stereocenters. The molecular weight excluding hydrogens is 168 g/mol. The van der Waals surface area contributed by atoms with Crippen LogP contribution < -0.4 is 0 Å². The molecule has 0 bridgehead atoms. The van der Waals surface area contributed by atoms with Gasteiger partial charge >= 0.3 is 0 Å². The average Bonchev–Trinajstić information content (AvgIpc) is 1.97. The first kappa shape index (κ1) is 12.0. The minimum absolute atomic E-state index is 0.298. The first-order chi connectivity index (χ1) is 5.66. The van der Waals surface area contributed by atoms with Crippen molar-refractivity contribution in [2.24, 2.45) is 0 Å². The summed E-state index contributed by atoms with van der Waals surface area (Å²) >= 11 is 0. The SMILES string of the molecule is CCCCCCC(=O)C[S+](C)C. The van der Waals surface area contributed by atoms with E-state index in [0.717, 1.165) is 18.6 Å². The normalized spacial score (nSPS) is 10.7. The van der Waals surface area contributed by atoms with Gasteiger partial charge in [0.1, 0.15) is 0 Å². The van der Waals surface area contributed by atoms with Crippen LogP contribution in [0.4, 0.5) is 0 Å². The summed E-state index contributed by atoms with van der Waals surface area (Å²) in [5.41, 5.74) is 0. The molecule has 0 unspecified atom stereocenters. The van der Waals surface area contributed by atoms with Gasteiger partial charge in [-0.05, 0) is 17.3 Å². The van der Waals surface area contributed by atoms with E-state index in [2.05, 4.69) is 19.4 Å². The molecule has 0 N–H and O–H groups in total. The Kier molecular flexibility index (Phi) is 7.67. The molecule has 0 aromatic heterocycles. The highest BCUT2D eigenvalue weighted by atomic mass is 32.2. The van der Waals surface area contributed by atoms with E-state index >= 15 is 0 Å². The maximum atomic E-state index is 11.2. The molecule has 0 aromatic carbocycles. The summed E-state index contributed by atoms with van der Waals surface area (Å²) in [5.74, 6) is 1.26. The zero-order valence-corrected chi connectivity index (χ0v) is 9.38. The van der Waals surface area contributed by atoms with Crippen LogP contribution in [0.15, 0.2) is 0 Å². The minimum atomic E-state index is 0.298. The Morgan fingerprint density at radius 2 is 1.83 bits per heavy atom. The summed E-state index contributed by atoms with van der Waals surface area (Å²) in [4.78, 5) is 11.2. The maximum absolute atomic E-state index is 11.2. The number of unbranched alkanes of at least 4 members (excludes halogenated alkanes) is 3. The van der Waals surface area contributed by atoms with Gasteiger partial charge in [0.25, 0.3) is 0 Å². The summed E-state index contributed by atoms with van der Waals surface area (Å²) in [6.45, 7) is 2.19. The fourth-order valence-electron chi connectivity index (χ4n) is 1.14. The third-order valence-electron chi connectivity index (χ3n) is 1.76. The maximum Gasteiger partial charge on any atom is 0.181 e. The molecule has 0 amide bonds. The monoisotopic (exact) mass is 189 g/mol. The van der Waals surface area contributed by atoms with Crippen molar-refractivity contribution in [3.63, 3.8) is 0 Å². The lowest BCUT2D eigenvalue weighted by molar-refractivity contribution is -0.116. The van der Waals surface area contributed by atoms with Gasteiger partial charge in [0.2, 0.25) is 0 Å². The third kappa shape index (κ3) is 8.12. The zero-order chi connectivity index (χ0) is 9.40. The molecule has 0 rings (SSSR count). The van der Waals surface area contributed by atoms with Crippen molar-refractivity contribution in [1.29, 1.82) is 0 Å². The van der Waals surface area contributed by atoms with Gasteiger partial charge in [-0.1, -0.05) is 26.2 Å². The van der Waals surface area contributed by atoms with Gasteiger partial charge < -0.3 is 0 Å². The summed E-state index contributed by atoms with van der Waals surface area (Å²) in [6.07, 6.45) is 9.92. The molecule has 0 saturated heterocycles. The van der Waals surface area contributed by atoms with E-state index in [1.807, 2.05) is 0 Å². The van der Waals surface area contributed by atoms with E-state index in [0.29, 0.717) is 16.7 Å². The molecule has 12 heavy (non-hydrogen) atoms. The highest BCUT2D eigenvalue weighted by Crippen LogP contribution is 2.03. The van der Waals surface area contributed by atoms with Crippen LogP contribution in [-0.2, 0) is 15.7 Å². The van der Waals surface area contributed by atoms with E-state index in [9.17, 15) is 4.79 Å². The quantitative estimate of drug-likeness (QED) is 0.444. The molecule has 0 spiro atoms. The van der Waals surface area contributed by atoms with Gasteiger partial charge in [-0.15, -0.1) is 0 Å². The number of hydrogen-bond donors (Lipinski definition) is 0. The molecule has 0 fully saturated rings. The number of ketones is 1. The number of hydrogen-bond acceptors (Lipinski definition) is 1. The molecule has 0 aliphatic heterocycles. The van der Waals surface area contributed by atoms with Crippen LogP contribution in [0.3, 0.4) is 0 Å². The molecule has 72 valence electrons. The van der Waals surface area contributed by atoms with Crippen molar-refractivity contribution < 1.29 is 4.79 Å². The number of rotatable bonds is 7. The van der Waals surface area contributed by atoms with Gasteiger partial charge in [-0.25, -0.2) is 0 Å². The summed E-state index contributed by atoms with van der Waals surface area (Å²) in [7, 11) is 0.298. The van der Waals surface area contributed by atoms with Crippen molar-refractivity contribution in [3.8, 4) is 0 Å². The second kappa shape index (κ2) is 7.66. The Morgan fingerprint density at radius 3 is 2.33 bits per heavy atom. The lowest BCUT2D eigenvalue weighted by Crippen LogP contribution is -2.13. The van der Waals surface area contributed by atoms with E-state index in [1.54, 1.807) is 0 Å². The molecule has 0 aromatic rings. The van der Waals surface area contributed by atoms with Crippen molar-refractivity contribution in [3.05, 3.63) is 0 Å². The number of Topliss-reactive ketones (excluding diaryl/α,β-unsaturated/α-hetero) is 1. The topological polar surface area (TPSA) is 17.1 Å². The van der Waals surface area contributed by atoms with Crippen molar-refractivity contribution >= 4 is 16.7 Å².